The van der Waals surface area contributed by atoms with Crippen LogP contribution in [-0.4, -0.2) is 24.8 Å². The van der Waals surface area contributed by atoms with Crippen molar-refractivity contribution in [3.05, 3.63) is 12.2 Å². The first-order chi connectivity index (χ1) is 5.64. The van der Waals surface area contributed by atoms with Gasteiger partial charge in [-0.05, 0) is 26.3 Å². The maximum absolute atomic E-state index is 9.95. The third kappa shape index (κ3) is 2.75. The van der Waals surface area contributed by atoms with E-state index in [-0.39, 0.29) is 6.10 Å². The molecule has 0 spiro atoms. The van der Waals surface area contributed by atoms with E-state index in [0.29, 0.717) is 6.61 Å². The van der Waals surface area contributed by atoms with Gasteiger partial charge < -0.3 is 9.47 Å². The Labute approximate surface area is 72.4 Å². The maximum atomic E-state index is 9.95. The molecular formula is C9H14O3. The van der Waals surface area contributed by atoms with Crippen LogP contribution >= 0.6 is 0 Å². The molecule has 0 aromatic heterocycles. The lowest BCUT2D eigenvalue weighted by Crippen LogP contribution is -2.21. The van der Waals surface area contributed by atoms with E-state index in [1.54, 1.807) is 6.08 Å². The highest BCUT2D eigenvalue weighted by atomic mass is 16.7. The number of hydrogen-bond donors (Lipinski definition) is 0. The number of allylic oxidation sites excluding steroid dienone is 1. The fourth-order valence-corrected chi connectivity index (χ4v) is 1.17. The molecule has 0 aliphatic carbocycles. The number of carbonyl (C=O) groups excluding carboxylic acids is 1. The second-order valence-corrected chi connectivity index (χ2v) is 3.25. The molecule has 3 nitrogen and oxygen atoms in total. The zero-order chi connectivity index (χ0) is 9.03. The molecule has 68 valence electrons. The molecule has 0 aromatic carbocycles. The molecule has 0 aromatic rings. The maximum Gasteiger partial charge on any atom is 0.163 e. The summed E-state index contributed by atoms with van der Waals surface area (Å²) in [5.41, 5.74) is 0. The zero-order valence-electron chi connectivity index (χ0n) is 7.45. The highest BCUT2D eigenvalue weighted by Gasteiger charge is 2.31. The topological polar surface area (TPSA) is 35.5 Å². The van der Waals surface area contributed by atoms with Gasteiger partial charge in [0.1, 0.15) is 6.29 Å². The second-order valence-electron chi connectivity index (χ2n) is 3.25. The summed E-state index contributed by atoms with van der Waals surface area (Å²) in [5.74, 6) is -0.459. The molecule has 0 saturated carbocycles. The van der Waals surface area contributed by atoms with Crippen LogP contribution in [0.2, 0.25) is 0 Å². The van der Waals surface area contributed by atoms with E-state index >= 15 is 0 Å². The Balaban J connectivity index is 2.28. The molecule has 12 heavy (non-hydrogen) atoms. The van der Waals surface area contributed by atoms with Crippen LogP contribution in [0, 0.1) is 0 Å². The summed E-state index contributed by atoms with van der Waals surface area (Å²) in [7, 11) is 0. The molecule has 0 radical (unpaired) electrons. The average Bonchev–Trinajstić information content (AvgIpc) is 2.31. The molecular weight excluding hydrogens is 156 g/mol. The van der Waals surface area contributed by atoms with Gasteiger partial charge in [0.05, 0.1) is 12.7 Å². The minimum Gasteiger partial charge on any atom is -0.348 e. The van der Waals surface area contributed by atoms with Crippen molar-refractivity contribution in [2.45, 2.75) is 32.2 Å². The van der Waals surface area contributed by atoms with Gasteiger partial charge in [0.15, 0.2) is 5.79 Å². The third-order valence-electron chi connectivity index (χ3n) is 1.68. The van der Waals surface area contributed by atoms with Crippen LogP contribution in [0.4, 0.5) is 0 Å². The van der Waals surface area contributed by atoms with Gasteiger partial charge in [0.2, 0.25) is 0 Å². The fourth-order valence-electron chi connectivity index (χ4n) is 1.17. The Hall–Kier alpha value is -0.670. The summed E-state index contributed by atoms with van der Waals surface area (Å²) in [5, 5.41) is 0. The number of hydrogen-bond acceptors (Lipinski definition) is 3. The van der Waals surface area contributed by atoms with Crippen LogP contribution in [0.3, 0.4) is 0 Å². The Bertz CT molecular complexity index is 184. The molecule has 0 bridgehead atoms. The molecule has 1 rings (SSSR count). The predicted octanol–water partition coefficient (Wildman–Crippen LogP) is 1.28. The van der Waals surface area contributed by atoms with Crippen LogP contribution in [0.5, 0.6) is 0 Å². The number of aldehydes is 1. The number of rotatable bonds is 3. The smallest absolute Gasteiger partial charge is 0.163 e. The summed E-state index contributed by atoms with van der Waals surface area (Å²) in [6, 6.07) is 0. The van der Waals surface area contributed by atoms with Gasteiger partial charge in [-0.25, -0.2) is 0 Å². The molecule has 0 N–H and O–H groups in total. The molecule has 1 heterocycles. The van der Waals surface area contributed by atoms with E-state index in [9.17, 15) is 4.79 Å². The number of carbonyl (C=O) groups is 1. The van der Waals surface area contributed by atoms with Gasteiger partial charge in [-0.3, -0.25) is 4.79 Å². The minimum atomic E-state index is -0.459. The Morgan fingerprint density at radius 3 is 2.83 bits per heavy atom. The van der Waals surface area contributed by atoms with Crippen LogP contribution in [-0.2, 0) is 14.3 Å². The fraction of sp³-hybridized carbons (Fsp3) is 0.667. The molecule has 1 unspecified atom stereocenters. The summed E-state index contributed by atoms with van der Waals surface area (Å²) < 4.78 is 10.8. The minimum absolute atomic E-state index is 0.0937. The Morgan fingerprint density at radius 2 is 2.33 bits per heavy atom. The van der Waals surface area contributed by atoms with Gasteiger partial charge in [0.25, 0.3) is 0 Å². The lowest BCUT2D eigenvalue weighted by atomic mass is 10.2. The van der Waals surface area contributed by atoms with E-state index in [1.807, 2.05) is 13.8 Å². The van der Waals surface area contributed by atoms with Gasteiger partial charge in [-0.2, -0.15) is 0 Å². The first-order valence-electron chi connectivity index (χ1n) is 4.06. The van der Waals surface area contributed by atoms with Crippen LogP contribution in [0.25, 0.3) is 0 Å². The van der Waals surface area contributed by atoms with Crippen molar-refractivity contribution in [1.29, 1.82) is 0 Å². The lowest BCUT2D eigenvalue weighted by molar-refractivity contribution is -0.137. The number of ether oxygens (including phenoxy) is 2. The summed E-state index contributed by atoms with van der Waals surface area (Å²) in [6.45, 7) is 4.38. The van der Waals surface area contributed by atoms with Crippen LogP contribution < -0.4 is 0 Å². The van der Waals surface area contributed by atoms with E-state index < -0.39 is 5.79 Å². The third-order valence-corrected chi connectivity index (χ3v) is 1.68. The normalized spacial score (nSPS) is 28.0. The molecule has 0 amide bonds. The van der Waals surface area contributed by atoms with Gasteiger partial charge in [0, 0.05) is 0 Å². The average molecular weight is 170 g/mol. The lowest BCUT2D eigenvalue weighted by Gasteiger charge is -2.16. The Kier molecular flexibility index (Phi) is 3.00. The van der Waals surface area contributed by atoms with E-state index in [1.165, 1.54) is 6.08 Å². The highest BCUT2D eigenvalue weighted by Crippen LogP contribution is 2.23. The van der Waals surface area contributed by atoms with Gasteiger partial charge in [-0.1, -0.05) is 6.08 Å². The van der Waals surface area contributed by atoms with E-state index in [4.69, 9.17) is 9.47 Å². The zero-order valence-corrected chi connectivity index (χ0v) is 7.45. The summed E-state index contributed by atoms with van der Waals surface area (Å²) >= 11 is 0. The van der Waals surface area contributed by atoms with Crippen molar-refractivity contribution < 1.29 is 14.3 Å². The molecule has 1 fully saturated rings. The highest BCUT2D eigenvalue weighted by molar-refractivity contribution is 5.64. The van der Waals surface area contributed by atoms with Gasteiger partial charge in [-0.15, -0.1) is 0 Å². The predicted molar refractivity (Wildman–Crippen MR) is 44.7 cm³/mol. The summed E-state index contributed by atoms with van der Waals surface area (Å²) in [6.07, 6.45) is 4.87. The largest absolute Gasteiger partial charge is 0.348 e. The molecule has 1 aliphatic heterocycles. The SMILES string of the molecule is CC1(C)OCC(C/C=C/C=O)O1. The molecule has 3 heteroatoms. The van der Waals surface area contributed by atoms with Crippen molar-refractivity contribution in [3.63, 3.8) is 0 Å². The van der Waals surface area contributed by atoms with E-state index in [2.05, 4.69) is 0 Å². The van der Waals surface area contributed by atoms with Crippen molar-refractivity contribution in [3.8, 4) is 0 Å². The van der Waals surface area contributed by atoms with Gasteiger partial charge >= 0.3 is 0 Å². The first-order valence-corrected chi connectivity index (χ1v) is 4.06. The van der Waals surface area contributed by atoms with Crippen molar-refractivity contribution in [2.24, 2.45) is 0 Å². The Morgan fingerprint density at radius 1 is 1.58 bits per heavy atom. The first kappa shape index (κ1) is 9.42. The van der Waals surface area contributed by atoms with Crippen molar-refractivity contribution >= 4 is 6.29 Å². The monoisotopic (exact) mass is 170 g/mol. The van der Waals surface area contributed by atoms with Crippen molar-refractivity contribution in [2.75, 3.05) is 6.61 Å². The van der Waals surface area contributed by atoms with Crippen molar-refractivity contribution in [1.82, 2.24) is 0 Å². The second kappa shape index (κ2) is 3.83. The standard InChI is InChI=1S/C9H14O3/c1-9(2)11-7-8(12-9)5-3-4-6-10/h3-4,6,8H,5,7H2,1-2H3/b4-3+. The molecule has 1 saturated heterocycles. The molecule has 1 aliphatic rings. The van der Waals surface area contributed by atoms with E-state index in [0.717, 1.165) is 12.7 Å². The van der Waals surface area contributed by atoms with Crippen LogP contribution in [0.15, 0.2) is 12.2 Å². The van der Waals surface area contributed by atoms with Crippen LogP contribution in [0.1, 0.15) is 20.3 Å². The summed E-state index contributed by atoms with van der Waals surface area (Å²) in [4.78, 5) is 9.95. The quantitative estimate of drug-likeness (QED) is 0.473. The molecule has 1 atom stereocenters.